The van der Waals surface area contributed by atoms with Gasteiger partial charge in [0.1, 0.15) is 0 Å². The maximum absolute atomic E-state index is 6.13. The number of nitrogens with one attached hydrogen (secondary N) is 1. The van der Waals surface area contributed by atoms with E-state index in [9.17, 15) is 0 Å². The van der Waals surface area contributed by atoms with Crippen molar-refractivity contribution < 1.29 is 0 Å². The second-order valence-electron chi connectivity index (χ2n) is 4.10. The monoisotopic (exact) mass is 353 g/mol. The number of aromatic nitrogens is 2. The third-order valence-corrected chi connectivity index (χ3v) is 4.23. The molecule has 0 unspecified atom stereocenters. The Hall–Kier alpha value is -1.17. The third kappa shape index (κ3) is 2.73. The van der Waals surface area contributed by atoms with E-state index in [0.29, 0.717) is 10.8 Å². The van der Waals surface area contributed by atoms with Crippen molar-refractivity contribution in [3.05, 3.63) is 45.5 Å². The summed E-state index contributed by atoms with van der Waals surface area (Å²) in [4.78, 5) is 8.75. The van der Waals surface area contributed by atoms with Crippen LogP contribution in [0.3, 0.4) is 0 Å². The van der Waals surface area contributed by atoms with Crippen LogP contribution in [0.15, 0.2) is 34.9 Å². The van der Waals surface area contributed by atoms with E-state index in [1.54, 1.807) is 23.6 Å². The largest absolute Gasteiger partial charge is 0.315 e. The summed E-state index contributed by atoms with van der Waals surface area (Å²) >= 11 is 11.0. The summed E-state index contributed by atoms with van der Waals surface area (Å²) in [5, 5.41) is 4.50. The van der Waals surface area contributed by atoms with Crippen molar-refractivity contribution in [2.24, 2.45) is 0 Å². The highest BCUT2D eigenvalue weighted by Crippen LogP contribution is 2.31. The van der Waals surface area contributed by atoms with Gasteiger partial charge < -0.3 is 5.32 Å². The molecule has 0 radical (unpaired) electrons. The molecule has 0 aliphatic rings. The van der Waals surface area contributed by atoms with Crippen LogP contribution in [0.4, 0.5) is 10.9 Å². The molecule has 1 N–H and O–H groups in total. The molecule has 0 saturated carbocycles. The van der Waals surface area contributed by atoms with Crippen LogP contribution >= 0.6 is 38.9 Å². The van der Waals surface area contributed by atoms with Crippen LogP contribution in [-0.2, 0) is 0 Å². The molecule has 3 aromatic rings. The Morgan fingerprint density at radius 1 is 1.32 bits per heavy atom. The average molecular weight is 355 g/mol. The molecule has 0 saturated heterocycles. The predicted octanol–water partition coefficient (Wildman–Crippen LogP) is 5.16. The van der Waals surface area contributed by atoms with Gasteiger partial charge in [0, 0.05) is 10.7 Å². The first kappa shape index (κ1) is 12.8. The van der Waals surface area contributed by atoms with Gasteiger partial charge in [0.15, 0.2) is 10.9 Å². The molecule has 0 aliphatic carbocycles. The number of halogens is 2. The van der Waals surface area contributed by atoms with E-state index in [1.165, 1.54) is 5.56 Å². The molecule has 3 nitrogen and oxygen atoms in total. The number of hydrogen-bond acceptors (Lipinski definition) is 4. The van der Waals surface area contributed by atoms with Gasteiger partial charge in [0.25, 0.3) is 0 Å². The lowest BCUT2D eigenvalue weighted by atomic mass is 10.2. The number of benzene rings is 1. The molecule has 2 aromatic heterocycles. The van der Waals surface area contributed by atoms with Crippen molar-refractivity contribution in [2.75, 3.05) is 5.32 Å². The van der Waals surface area contributed by atoms with E-state index >= 15 is 0 Å². The Bertz CT molecular complexity index is 757. The van der Waals surface area contributed by atoms with Crippen LogP contribution in [-0.4, -0.2) is 9.97 Å². The van der Waals surface area contributed by atoms with Crippen molar-refractivity contribution in [2.45, 2.75) is 6.92 Å². The van der Waals surface area contributed by atoms with Gasteiger partial charge in [-0.2, -0.15) is 0 Å². The van der Waals surface area contributed by atoms with Crippen LogP contribution in [0.25, 0.3) is 10.2 Å². The highest BCUT2D eigenvalue weighted by atomic mass is 79.9. The van der Waals surface area contributed by atoms with Crippen molar-refractivity contribution >= 4 is 60.0 Å². The summed E-state index contributed by atoms with van der Waals surface area (Å²) in [7, 11) is 0. The molecule has 0 atom stereocenters. The lowest BCUT2D eigenvalue weighted by Gasteiger charge is -2.03. The fourth-order valence-electron chi connectivity index (χ4n) is 1.69. The normalized spacial score (nSPS) is 10.9. The van der Waals surface area contributed by atoms with Crippen LogP contribution in [0.5, 0.6) is 0 Å². The molecule has 96 valence electrons. The summed E-state index contributed by atoms with van der Waals surface area (Å²) in [6, 6.07) is 7.99. The topological polar surface area (TPSA) is 37.8 Å². The number of rotatable bonds is 2. The van der Waals surface area contributed by atoms with E-state index < -0.39 is 0 Å². The number of pyridine rings is 1. The maximum atomic E-state index is 6.13. The van der Waals surface area contributed by atoms with Gasteiger partial charge in [-0.25, -0.2) is 9.97 Å². The lowest BCUT2D eigenvalue weighted by molar-refractivity contribution is 1.28. The molecule has 1 aromatic carbocycles. The molecule has 0 fully saturated rings. The Morgan fingerprint density at radius 3 is 2.95 bits per heavy atom. The van der Waals surface area contributed by atoms with E-state index in [2.05, 4.69) is 50.3 Å². The van der Waals surface area contributed by atoms with Crippen LogP contribution < -0.4 is 5.32 Å². The van der Waals surface area contributed by atoms with Crippen LogP contribution in [0.2, 0.25) is 5.02 Å². The second-order valence-corrected chi connectivity index (χ2v) is 6.45. The summed E-state index contributed by atoms with van der Waals surface area (Å²) in [6.07, 6.45) is 1.70. The fraction of sp³-hybridized carbons (Fsp3) is 0.0769. The summed E-state index contributed by atoms with van der Waals surface area (Å²) in [5.41, 5.74) is 2.20. The number of fused-ring (bicyclic) bond motifs is 1. The smallest absolute Gasteiger partial charge is 0.189 e. The van der Waals surface area contributed by atoms with Gasteiger partial charge in [0.05, 0.1) is 15.2 Å². The average Bonchev–Trinajstić information content (AvgIpc) is 2.74. The Kier molecular flexibility index (Phi) is 3.43. The molecule has 0 spiro atoms. The first-order chi connectivity index (χ1) is 9.11. The van der Waals surface area contributed by atoms with Crippen LogP contribution in [0.1, 0.15) is 5.56 Å². The Balaban J connectivity index is 1.96. The number of aryl methyl sites for hydroxylation is 1. The van der Waals surface area contributed by atoms with Gasteiger partial charge in [-0.15, -0.1) is 0 Å². The predicted molar refractivity (Wildman–Crippen MR) is 84.6 cm³/mol. The molecule has 0 bridgehead atoms. The Labute approximate surface area is 127 Å². The molecule has 3 rings (SSSR count). The molecule has 2 heterocycles. The Morgan fingerprint density at radius 2 is 2.16 bits per heavy atom. The maximum Gasteiger partial charge on any atom is 0.189 e. The van der Waals surface area contributed by atoms with Crippen molar-refractivity contribution in [3.63, 3.8) is 0 Å². The molecular weight excluding hydrogens is 346 g/mol. The number of thiazole rings is 1. The van der Waals surface area contributed by atoms with Crippen molar-refractivity contribution in [3.8, 4) is 0 Å². The SMILES string of the molecule is Cc1ccc2nc(Nc3ncc(Br)cc3Cl)sc2c1. The zero-order valence-corrected chi connectivity index (χ0v) is 13.1. The van der Waals surface area contributed by atoms with Gasteiger partial charge >= 0.3 is 0 Å². The lowest BCUT2D eigenvalue weighted by Crippen LogP contribution is -1.93. The molecule has 6 heteroatoms. The zero-order valence-electron chi connectivity index (χ0n) is 9.95. The molecule has 19 heavy (non-hydrogen) atoms. The van der Waals surface area contributed by atoms with E-state index in [-0.39, 0.29) is 0 Å². The summed E-state index contributed by atoms with van der Waals surface area (Å²) in [6.45, 7) is 2.07. The molecule has 0 aliphatic heterocycles. The van der Waals surface area contributed by atoms with Gasteiger partial charge in [0.2, 0.25) is 0 Å². The van der Waals surface area contributed by atoms with Gasteiger partial charge in [-0.3, -0.25) is 0 Å². The summed E-state index contributed by atoms with van der Waals surface area (Å²) in [5.74, 6) is 0.612. The van der Waals surface area contributed by atoms with Crippen molar-refractivity contribution in [1.29, 1.82) is 0 Å². The van der Waals surface area contributed by atoms with E-state index in [0.717, 1.165) is 19.8 Å². The van der Waals surface area contributed by atoms with E-state index in [1.807, 2.05) is 6.07 Å². The van der Waals surface area contributed by atoms with Gasteiger partial charge in [-0.1, -0.05) is 29.0 Å². The third-order valence-electron chi connectivity index (χ3n) is 2.58. The quantitative estimate of drug-likeness (QED) is 0.691. The second kappa shape index (κ2) is 5.07. The number of nitrogens with zero attached hydrogens (tertiary/aromatic N) is 2. The minimum absolute atomic E-state index is 0.560. The van der Waals surface area contributed by atoms with Crippen molar-refractivity contribution in [1.82, 2.24) is 9.97 Å². The highest BCUT2D eigenvalue weighted by molar-refractivity contribution is 9.10. The fourth-order valence-corrected chi connectivity index (χ4v) is 3.33. The first-order valence-electron chi connectivity index (χ1n) is 5.57. The minimum atomic E-state index is 0.560. The van der Waals surface area contributed by atoms with Gasteiger partial charge in [-0.05, 0) is 46.6 Å². The number of hydrogen-bond donors (Lipinski definition) is 1. The molecule has 0 amide bonds. The number of anilines is 2. The summed E-state index contributed by atoms with van der Waals surface area (Å²) < 4.78 is 2.00. The first-order valence-corrected chi connectivity index (χ1v) is 7.56. The van der Waals surface area contributed by atoms with Crippen LogP contribution in [0, 0.1) is 6.92 Å². The molecular formula is C13H9BrClN3S. The highest BCUT2D eigenvalue weighted by Gasteiger charge is 2.07. The van der Waals surface area contributed by atoms with E-state index in [4.69, 9.17) is 11.6 Å². The zero-order chi connectivity index (χ0) is 13.4. The standard InChI is InChI=1S/C13H9BrClN3S/c1-7-2-3-10-11(4-7)19-13(17-10)18-12-9(15)5-8(14)6-16-12/h2-6H,1H3,(H,16,17,18). The minimum Gasteiger partial charge on any atom is -0.315 e.